The summed E-state index contributed by atoms with van der Waals surface area (Å²) >= 11 is 0. The summed E-state index contributed by atoms with van der Waals surface area (Å²) in [6.45, 7) is 0. The van der Waals surface area contributed by atoms with Crippen LogP contribution in [0.25, 0.3) is 0 Å². The van der Waals surface area contributed by atoms with Gasteiger partial charge in [0.15, 0.2) is 0 Å². The average molecular weight is 157 g/mol. The molecule has 0 aromatic heterocycles. The fourth-order valence-corrected chi connectivity index (χ4v) is 0. The molecule has 0 aliphatic rings. The number of rotatable bonds is 0. The minimum absolute atomic E-state index is 0. The smallest absolute Gasteiger partial charge is 0.822 e. The fourth-order valence-electron chi connectivity index (χ4n) is 0. The van der Waals surface area contributed by atoms with Crippen molar-refractivity contribution in [1.29, 1.82) is 0 Å². The van der Waals surface area contributed by atoms with Crippen molar-refractivity contribution in [2.24, 2.45) is 0 Å². The van der Waals surface area contributed by atoms with Gasteiger partial charge in [0, 0.05) is 0 Å². The first-order valence-corrected chi connectivity index (χ1v) is 2.19. The molecule has 7 heavy (non-hydrogen) atoms. The molecule has 0 amide bonds. The van der Waals surface area contributed by atoms with Gasteiger partial charge in [0.1, 0.15) is 0 Å². The van der Waals surface area contributed by atoms with E-state index in [1.807, 2.05) is 0 Å². The van der Waals surface area contributed by atoms with E-state index in [1.165, 1.54) is 0 Å². The average Bonchev–Trinajstić information content (AvgIpc) is 0.722. The van der Waals surface area contributed by atoms with Gasteiger partial charge in [-0.3, -0.25) is 0 Å². The summed E-state index contributed by atoms with van der Waals surface area (Å²) in [5, 5.41) is 0. The summed E-state index contributed by atoms with van der Waals surface area (Å²) in [7, 11) is -5.39. The molecule has 7 heteroatoms. The first-order valence-electron chi connectivity index (χ1n) is 0.730. The van der Waals surface area contributed by atoms with E-state index >= 15 is 0 Å². The Bertz CT molecular complexity index is 57.8. The van der Waals surface area contributed by atoms with Crippen molar-refractivity contribution >= 4 is 7.82 Å². The van der Waals surface area contributed by atoms with E-state index in [0.29, 0.717) is 0 Å². The topological polar surface area (TPSA) is 86.2 Å². The van der Waals surface area contributed by atoms with Gasteiger partial charge in [0.05, 0.1) is 0 Å². The SMILES string of the molecule is O=P([O-])([O-])[O-].[K+].[Na+]. The van der Waals surface area contributed by atoms with Crippen molar-refractivity contribution < 1.29 is 100 Å². The van der Waals surface area contributed by atoms with Crippen molar-refractivity contribution in [2.75, 3.05) is 0 Å². The fraction of sp³-hybridized carbons (Fsp3) is 0. The normalized spacial score (nSPS) is 8.43. The predicted octanol–water partition coefficient (Wildman–Crippen LogP) is -8.82. The van der Waals surface area contributed by atoms with E-state index in [-0.39, 0.29) is 80.9 Å². The van der Waals surface area contributed by atoms with E-state index < -0.39 is 7.82 Å². The second-order valence-corrected chi connectivity index (χ2v) is 1.34. The number of phosphoric acid groups is 1. The summed E-state index contributed by atoms with van der Waals surface area (Å²) in [5.74, 6) is 0. The van der Waals surface area contributed by atoms with Crippen molar-refractivity contribution in [3.05, 3.63) is 0 Å². The molecule has 0 saturated carbocycles. The van der Waals surface area contributed by atoms with Crippen LogP contribution in [-0.2, 0) is 4.57 Å². The first kappa shape index (κ1) is 16.4. The van der Waals surface area contributed by atoms with Gasteiger partial charge in [-0.15, -0.1) is 0 Å². The predicted molar refractivity (Wildman–Crippen MR) is 7.61 cm³/mol. The van der Waals surface area contributed by atoms with E-state index in [4.69, 9.17) is 19.2 Å². The zero-order valence-corrected chi connectivity index (χ0v) is 10.1. The Labute approximate surface area is 106 Å². The number of hydrogen-bond donors (Lipinski definition) is 0. The third kappa shape index (κ3) is 52.8. The molecule has 0 heterocycles. The Kier molecular flexibility index (Phi) is 16.1. The second kappa shape index (κ2) is 6.86. The monoisotopic (exact) mass is 157 g/mol. The van der Waals surface area contributed by atoms with Crippen molar-refractivity contribution in [3.8, 4) is 0 Å². The van der Waals surface area contributed by atoms with Crippen LogP contribution in [0, 0.1) is 0 Å². The van der Waals surface area contributed by atoms with Crippen LogP contribution in [0.4, 0.5) is 0 Å². The van der Waals surface area contributed by atoms with Gasteiger partial charge in [-0.05, 0) is 0 Å². The summed E-state index contributed by atoms with van der Waals surface area (Å²) in [6.07, 6.45) is 0. The first-order chi connectivity index (χ1) is 2.00. The zero-order valence-electron chi connectivity index (χ0n) is 4.08. The van der Waals surface area contributed by atoms with Gasteiger partial charge < -0.3 is 19.2 Å². The van der Waals surface area contributed by atoms with E-state index in [0.717, 1.165) is 0 Å². The van der Waals surface area contributed by atoms with Gasteiger partial charge in [-0.1, -0.05) is 0 Å². The van der Waals surface area contributed by atoms with Crippen LogP contribution in [0.3, 0.4) is 0 Å². The molecule has 0 unspecified atom stereocenters. The Morgan fingerprint density at radius 1 is 1.14 bits per heavy atom. The summed E-state index contributed by atoms with van der Waals surface area (Å²) in [6, 6.07) is 0. The van der Waals surface area contributed by atoms with Crippen LogP contribution >= 0.6 is 7.82 Å². The largest absolute Gasteiger partial charge is 1.00 e. The second-order valence-electron chi connectivity index (χ2n) is 0.447. The molecule has 0 bridgehead atoms. The van der Waals surface area contributed by atoms with Gasteiger partial charge in [0.25, 0.3) is 0 Å². The molecule has 0 fully saturated rings. The maximum Gasteiger partial charge on any atom is 1.00 e. The zero-order chi connectivity index (χ0) is 4.50. The third-order valence-corrected chi connectivity index (χ3v) is 0. The van der Waals surface area contributed by atoms with Crippen LogP contribution in [0.5, 0.6) is 0 Å². The summed E-state index contributed by atoms with van der Waals surface area (Å²) in [4.78, 5) is 25.6. The molecule has 0 aromatic rings. The maximum atomic E-state index is 8.55. The van der Waals surface area contributed by atoms with Crippen LogP contribution in [0.2, 0.25) is 0 Å². The molecule has 0 spiro atoms. The van der Waals surface area contributed by atoms with Crippen LogP contribution in [0.15, 0.2) is 0 Å². The quantitative estimate of drug-likeness (QED) is 0.258. The Hall–Kier alpha value is 2.75. The molecule has 0 radical (unpaired) electrons. The van der Waals surface area contributed by atoms with Gasteiger partial charge in [0.2, 0.25) is 0 Å². The molecule has 32 valence electrons. The molecule has 0 N–H and O–H groups in total. The molecular weight excluding hydrogens is 157 g/mol. The van der Waals surface area contributed by atoms with Crippen LogP contribution in [0.1, 0.15) is 0 Å². The molecular formula is KNaO4P-. The molecule has 0 saturated heterocycles. The molecule has 0 aliphatic heterocycles. The van der Waals surface area contributed by atoms with Crippen molar-refractivity contribution in [2.45, 2.75) is 0 Å². The third-order valence-electron chi connectivity index (χ3n) is 0. The molecule has 0 aliphatic carbocycles. The molecule has 4 nitrogen and oxygen atoms in total. The Morgan fingerprint density at radius 3 is 1.14 bits per heavy atom. The van der Waals surface area contributed by atoms with Crippen molar-refractivity contribution in [1.82, 2.24) is 0 Å². The van der Waals surface area contributed by atoms with Gasteiger partial charge >= 0.3 is 80.9 Å². The summed E-state index contributed by atoms with van der Waals surface area (Å²) in [5.41, 5.74) is 0. The minimum Gasteiger partial charge on any atom is -0.822 e. The number of hydrogen-bond acceptors (Lipinski definition) is 4. The Morgan fingerprint density at radius 2 is 1.14 bits per heavy atom. The van der Waals surface area contributed by atoms with Gasteiger partial charge in [-0.2, -0.15) is 7.82 Å². The van der Waals surface area contributed by atoms with E-state index in [1.54, 1.807) is 0 Å². The maximum absolute atomic E-state index is 8.55. The molecule has 0 aromatic carbocycles. The molecule has 0 atom stereocenters. The van der Waals surface area contributed by atoms with E-state index in [2.05, 4.69) is 0 Å². The summed E-state index contributed by atoms with van der Waals surface area (Å²) < 4.78 is 8.55. The van der Waals surface area contributed by atoms with Gasteiger partial charge in [-0.25, -0.2) is 0 Å². The Balaban J connectivity index is -0.0000000800. The minimum atomic E-state index is -5.39. The molecule has 0 rings (SSSR count). The van der Waals surface area contributed by atoms with Crippen LogP contribution in [-0.4, -0.2) is 0 Å². The van der Waals surface area contributed by atoms with E-state index in [9.17, 15) is 0 Å². The standard InChI is InChI=1S/K.Na.H3O4P/c;;1-5(2,3)4/h;;(H3,1,2,3,4)/q2*+1;/p-3. The van der Waals surface area contributed by atoms with Crippen molar-refractivity contribution in [3.63, 3.8) is 0 Å². The van der Waals surface area contributed by atoms with Crippen LogP contribution < -0.4 is 95.6 Å².